The summed E-state index contributed by atoms with van der Waals surface area (Å²) >= 11 is 15.5. The Labute approximate surface area is 265 Å². The molecule has 0 bridgehead atoms. The minimum atomic E-state index is -0.848. The standard InChI is InChI=1S/C32H23BrCl2N2O6/c1-41-29-16-20(5-13-28(29)43-18-21-4-12-26(34)27(35)15-21)14-25-30(38)36-32(40)37(31(25)39)23-8-10-24(11-9-23)42-17-19-2-6-22(33)7-3-19/h2-16H,17-18H2,1H3,(H,36,38,40)/b25-14+. The molecule has 1 fully saturated rings. The lowest BCUT2D eigenvalue weighted by Gasteiger charge is -2.26. The number of nitrogens with one attached hydrogen (secondary N) is 1. The largest absolute Gasteiger partial charge is 0.493 e. The molecule has 11 heteroatoms. The number of amides is 4. The van der Waals surface area contributed by atoms with Crippen molar-refractivity contribution in [2.45, 2.75) is 13.2 Å². The van der Waals surface area contributed by atoms with Crippen LogP contribution in [0.3, 0.4) is 0 Å². The maximum absolute atomic E-state index is 13.4. The normalized spacial score (nSPS) is 14.1. The number of halogens is 3. The van der Waals surface area contributed by atoms with Gasteiger partial charge in [-0.25, -0.2) is 9.69 Å². The minimum absolute atomic E-state index is 0.208. The van der Waals surface area contributed by atoms with Crippen LogP contribution in [-0.4, -0.2) is 25.0 Å². The highest BCUT2D eigenvalue weighted by atomic mass is 79.9. The number of hydrogen-bond donors (Lipinski definition) is 1. The van der Waals surface area contributed by atoms with Crippen molar-refractivity contribution < 1.29 is 28.6 Å². The van der Waals surface area contributed by atoms with Crippen LogP contribution < -0.4 is 24.4 Å². The van der Waals surface area contributed by atoms with Gasteiger partial charge in [-0.15, -0.1) is 0 Å². The second kappa shape index (κ2) is 13.3. The van der Waals surface area contributed by atoms with Gasteiger partial charge >= 0.3 is 6.03 Å². The summed E-state index contributed by atoms with van der Waals surface area (Å²) < 4.78 is 18.1. The fourth-order valence-corrected chi connectivity index (χ4v) is 4.77. The van der Waals surface area contributed by atoms with Crippen LogP contribution in [0.5, 0.6) is 17.2 Å². The average molecular weight is 682 g/mol. The molecule has 1 aliphatic rings. The topological polar surface area (TPSA) is 94.2 Å². The molecule has 0 unspecified atom stereocenters. The number of carbonyl (C=O) groups excluding carboxylic acids is 3. The lowest BCUT2D eigenvalue weighted by atomic mass is 10.1. The van der Waals surface area contributed by atoms with E-state index in [-0.39, 0.29) is 17.9 Å². The first-order valence-corrected chi connectivity index (χ1v) is 14.4. The summed E-state index contributed by atoms with van der Waals surface area (Å²) in [4.78, 5) is 39.6. The van der Waals surface area contributed by atoms with Crippen LogP contribution in [0, 0.1) is 0 Å². The first-order chi connectivity index (χ1) is 20.7. The van der Waals surface area contributed by atoms with Crippen molar-refractivity contribution in [2.24, 2.45) is 0 Å². The highest BCUT2D eigenvalue weighted by molar-refractivity contribution is 9.10. The van der Waals surface area contributed by atoms with E-state index in [4.69, 9.17) is 37.4 Å². The second-order valence-electron chi connectivity index (χ2n) is 9.31. The van der Waals surface area contributed by atoms with Gasteiger partial charge in [-0.2, -0.15) is 0 Å². The Morgan fingerprint density at radius 1 is 0.791 bits per heavy atom. The number of rotatable bonds is 9. The number of hydrogen-bond acceptors (Lipinski definition) is 6. The van der Waals surface area contributed by atoms with Crippen molar-refractivity contribution in [1.82, 2.24) is 5.32 Å². The molecular formula is C32H23BrCl2N2O6. The van der Waals surface area contributed by atoms with E-state index in [1.54, 1.807) is 60.7 Å². The Balaban J connectivity index is 1.30. The molecule has 4 aromatic rings. The van der Waals surface area contributed by atoms with Gasteiger partial charge in [0.15, 0.2) is 11.5 Å². The molecule has 1 saturated heterocycles. The van der Waals surface area contributed by atoms with E-state index in [2.05, 4.69) is 21.2 Å². The number of benzene rings is 4. The van der Waals surface area contributed by atoms with Gasteiger partial charge in [-0.1, -0.05) is 63.4 Å². The van der Waals surface area contributed by atoms with Gasteiger partial charge in [-0.3, -0.25) is 14.9 Å². The highest BCUT2D eigenvalue weighted by Crippen LogP contribution is 2.31. The number of urea groups is 1. The number of anilines is 1. The summed E-state index contributed by atoms with van der Waals surface area (Å²) in [6.45, 7) is 0.555. The zero-order valence-corrected chi connectivity index (χ0v) is 25.7. The van der Waals surface area contributed by atoms with Crippen LogP contribution in [-0.2, 0) is 22.8 Å². The molecule has 1 N–H and O–H groups in total. The van der Waals surface area contributed by atoms with Gasteiger partial charge < -0.3 is 14.2 Å². The molecule has 218 valence electrons. The fourth-order valence-electron chi connectivity index (χ4n) is 4.18. The lowest BCUT2D eigenvalue weighted by molar-refractivity contribution is -0.122. The van der Waals surface area contributed by atoms with Crippen molar-refractivity contribution >= 4 is 68.7 Å². The van der Waals surface area contributed by atoms with Crippen LogP contribution in [0.2, 0.25) is 10.0 Å². The summed E-state index contributed by atoms with van der Waals surface area (Å²) in [5.74, 6) is -0.202. The smallest absolute Gasteiger partial charge is 0.335 e. The Morgan fingerprint density at radius 2 is 1.49 bits per heavy atom. The maximum atomic E-state index is 13.4. The zero-order valence-electron chi connectivity index (χ0n) is 22.6. The van der Waals surface area contributed by atoms with E-state index >= 15 is 0 Å². The van der Waals surface area contributed by atoms with Crippen molar-refractivity contribution in [1.29, 1.82) is 0 Å². The molecule has 0 atom stereocenters. The van der Waals surface area contributed by atoms with E-state index in [0.717, 1.165) is 20.5 Å². The van der Waals surface area contributed by atoms with Crippen LogP contribution in [0.1, 0.15) is 16.7 Å². The zero-order chi connectivity index (χ0) is 30.5. The van der Waals surface area contributed by atoms with E-state index < -0.39 is 17.8 Å². The van der Waals surface area contributed by atoms with Crippen molar-refractivity contribution in [3.63, 3.8) is 0 Å². The van der Waals surface area contributed by atoms with Gasteiger partial charge in [0, 0.05) is 4.47 Å². The van der Waals surface area contributed by atoms with Crippen LogP contribution in [0.4, 0.5) is 10.5 Å². The number of nitrogens with zero attached hydrogens (tertiary/aromatic N) is 1. The Morgan fingerprint density at radius 3 is 2.19 bits per heavy atom. The first-order valence-electron chi connectivity index (χ1n) is 12.9. The third-order valence-electron chi connectivity index (χ3n) is 6.39. The van der Waals surface area contributed by atoms with Crippen molar-refractivity contribution in [3.8, 4) is 17.2 Å². The van der Waals surface area contributed by atoms with Crippen molar-refractivity contribution in [3.05, 3.63) is 122 Å². The molecule has 8 nitrogen and oxygen atoms in total. The molecule has 0 aromatic heterocycles. The monoisotopic (exact) mass is 680 g/mol. The third-order valence-corrected chi connectivity index (χ3v) is 7.66. The molecule has 4 aromatic carbocycles. The van der Waals surface area contributed by atoms with E-state index in [1.165, 1.54) is 13.2 Å². The van der Waals surface area contributed by atoms with Crippen LogP contribution in [0.15, 0.2) is 95.0 Å². The molecule has 0 radical (unpaired) electrons. The van der Waals surface area contributed by atoms with Gasteiger partial charge in [0.2, 0.25) is 0 Å². The number of barbiturate groups is 1. The lowest BCUT2D eigenvalue weighted by Crippen LogP contribution is -2.54. The predicted molar refractivity (Wildman–Crippen MR) is 168 cm³/mol. The van der Waals surface area contributed by atoms with Gasteiger partial charge in [0.1, 0.15) is 24.5 Å². The number of carbonyl (C=O) groups is 3. The van der Waals surface area contributed by atoms with Crippen LogP contribution in [0.25, 0.3) is 6.08 Å². The molecule has 1 aliphatic heterocycles. The molecular weight excluding hydrogens is 659 g/mol. The molecule has 0 aliphatic carbocycles. The summed E-state index contributed by atoms with van der Waals surface area (Å²) in [7, 11) is 1.48. The Kier molecular flexibility index (Phi) is 9.35. The Hall–Kier alpha value is -4.31. The van der Waals surface area contributed by atoms with Crippen molar-refractivity contribution in [2.75, 3.05) is 12.0 Å². The fraction of sp³-hybridized carbons (Fsp3) is 0.0938. The molecule has 0 saturated carbocycles. The molecule has 0 spiro atoms. The molecule has 4 amide bonds. The van der Waals surface area contributed by atoms with Gasteiger partial charge in [-0.05, 0) is 83.4 Å². The molecule has 43 heavy (non-hydrogen) atoms. The number of methoxy groups -OCH3 is 1. The second-order valence-corrected chi connectivity index (χ2v) is 11.0. The molecule has 1 heterocycles. The quantitative estimate of drug-likeness (QED) is 0.145. The molecule has 5 rings (SSSR count). The average Bonchev–Trinajstić information content (AvgIpc) is 3.00. The highest BCUT2D eigenvalue weighted by Gasteiger charge is 2.36. The van der Waals surface area contributed by atoms with E-state index in [9.17, 15) is 14.4 Å². The summed E-state index contributed by atoms with van der Waals surface area (Å²) in [5, 5.41) is 3.09. The summed E-state index contributed by atoms with van der Waals surface area (Å²) in [5.41, 5.74) is 2.33. The third kappa shape index (κ3) is 7.19. The van der Waals surface area contributed by atoms with E-state index in [1.807, 2.05) is 24.3 Å². The first kappa shape index (κ1) is 30.2. The summed E-state index contributed by atoms with van der Waals surface area (Å²) in [6, 6.07) is 23.5. The van der Waals surface area contributed by atoms with Gasteiger partial charge in [0.05, 0.1) is 22.8 Å². The minimum Gasteiger partial charge on any atom is -0.493 e. The van der Waals surface area contributed by atoms with Gasteiger partial charge in [0.25, 0.3) is 11.8 Å². The maximum Gasteiger partial charge on any atom is 0.335 e. The number of imide groups is 2. The predicted octanol–water partition coefficient (Wildman–Crippen LogP) is 7.59. The SMILES string of the molecule is COc1cc(/C=C2\C(=O)NC(=O)N(c3ccc(OCc4ccc(Br)cc4)cc3)C2=O)ccc1OCc1ccc(Cl)c(Cl)c1. The summed E-state index contributed by atoms with van der Waals surface area (Å²) in [6.07, 6.45) is 1.39. The van der Waals surface area contributed by atoms with E-state index in [0.29, 0.717) is 39.5 Å². The Bertz CT molecular complexity index is 1730. The number of ether oxygens (including phenoxy) is 3. The van der Waals surface area contributed by atoms with Crippen LogP contribution >= 0.6 is 39.1 Å².